The van der Waals surface area contributed by atoms with Gasteiger partial charge in [-0.15, -0.1) is 0 Å². The van der Waals surface area contributed by atoms with Gasteiger partial charge in [0.05, 0.1) is 59.5 Å². The summed E-state index contributed by atoms with van der Waals surface area (Å²) in [6.07, 6.45) is -98.8. The van der Waals surface area contributed by atoms with E-state index in [0.29, 0.717) is 0 Å². The molecule has 10 fully saturated rings. The van der Waals surface area contributed by atoms with Gasteiger partial charge in [-0.2, -0.15) is 0 Å². The number of aliphatic carboxylic acids is 1. The summed E-state index contributed by atoms with van der Waals surface area (Å²) >= 11 is 0. The van der Waals surface area contributed by atoms with E-state index in [2.05, 4.69) is 26.6 Å². The van der Waals surface area contributed by atoms with E-state index < -0.39 is 402 Å². The van der Waals surface area contributed by atoms with Crippen LogP contribution in [0.5, 0.6) is 0 Å². The molecule has 0 saturated carbocycles. The zero-order valence-electron chi connectivity index (χ0n) is 68.0. The van der Waals surface area contributed by atoms with Gasteiger partial charge in [-0.3, -0.25) is 24.0 Å². The molecule has 10 aliphatic rings. The predicted molar refractivity (Wildman–Crippen MR) is 388 cm³/mol. The number of carboxylic acids is 1. The highest BCUT2D eigenvalue weighted by Crippen LogP contribution is 2.42. The molecule has 10 aliphatic heterocycles. The minimum Gasteiger partial charge on any atom is -0.479 e. The van der Waals surface area contributed by atoms with E-state index in [-0.39, 0.29) is 0 Å². The second kappa shape index (κ2) is 45.4. The predicted octanol–water partition coefficient (Wildman–Crippen LogP) is -22.0. The molecule has 0 spiro atoms. The van der Waals surface area contributed by atoms with Crippen LogP contribution in [0.4, 0.5) is 0 Å². The van der Waals surface area contributed by atoms with Crippen molar-refractivity contribution in [1.82, 2.24) is 26.6 Å². The third-order valence-electron chi connectivity index (χ3n) is 22.8. The number of amides is 5. The van der Waals surface area contributed by atoms with Gasteiger partial charge in [0.25, 0.3) is 0 Å². The summed E-state index contributed by atoms with van der Waals surface area (Å²) in [5.74, 6) is -6.57. The average molecular weight is 1860 g/mol. The summed E-state index contributed by atoms with van der Waals surface area (Å²) in [6, 6.07) is -9.52. The molecule has 32 N–H and O–H groups in total. The normalized spacial score (nSPS) is 48.1. The fourth-order valence-corrected chi connectivity index (χ4v) is 16.3. The summed E-state index contributed by atoms with van der Waals surface area (Å²) in [6.45, 7) is -5.95. The van der Waals surface area contributed by atoms with Crippen molar-refractivity contribution in [3.63, 3.8) is 0 Å². The van der Waals surface area contributed by atoms with Gasteiger partial charge in [-0.05, 0) is 0 Å². The Morgan fingerprint density at radius 1 is 0.228 bits per heavy atom. The molecule has 0 aromatic carbocycles. The summed E-state index contributed by atoms with van der Waals surface area (Å²) in [5.41, 5.74) is 0. The zero-order chi connectivity index (χ0) is 93.7. The van der Waals surface area contributed by atoms with Crippen molar-refractivity contribution in [1.29, 1.82) is 0 Å². The first kappa shape index (κ1) is 104. The van der Waals surface area contributed by atoms with Gasteiger partial charge in [0.15, 0.2) is 69.0 Å². The highest BCUT2D eigenvalue weighted by Gasteiger charge is 2.63. The van der Waals surface area contributed by atoms with Crippen LogP contribution in [0.2, 0.25) is 0 Å². The number of carboxylic acid groups (broad SMARTS) is 1. The molecule has 0 aromatic heterocycles. The minimum absolute atomic E-state index is 0.811. The van der Waals surface area contributed by atoms with Crippen LogP contribution < -0.4 is 26.6 Å². The van der Waals surface area contributed by atoms with Crippen LogP contribution in [0.25, 0.3) is 0 Å². The first-order valence-corrected chi connectivity index (χ1v) is 40.1. The van der Waals surface area contributed by atoms with Crippen molar-refractivity contribution in [2.75, 3.05) is 59.5 Å². The van der Waals surface area contributed by atoms with Gasteiger partial charge in [0, 0.05) is 34.6 Å². The molecule has 57 heteroatoms. The van der Waals surface area contributed by atoms with E-state index in [0.717, 1.165) is 34.6 Å². The number of carbonyl (C=O) groups excluding carboxylic acids is 5. The SMILES string of the molecule is CC(=O)N[C@@H]1[C@@H](O)[C@H](O[C@@H]2O[C@H](CO)[C@@H](O[C@@H]3O[C@H](CO[C@H]4O[C@H](CO)[C@@H](O)[C@H](O)[C@@H]4O[C@@H]4O[C@H](CO)[C@@H](O)[C@H](O)[C@H]4NC(C)=O)[C@@H](O)[C@H](O[C@H]4O[C@H](CO)[C@@H](O[C@@H]5O[C@H](CO)[C@@H](O[C@@H]6O[C@H](CO)[C@H](O)[C@H](O[C@@H]7O[C@H](C(=O)O)[C@@H](O)[C@H](O)[C@H]7O)[C@H]6O)[C@H](O)[C@H]5NC(C)=O)[C@H](O)[C@@H]4O[C@@H]4O[C@H](CO)[C@@H](O)[C@H](O)[C@H]4NC(C)=O)[C@@H]3O)[C@H](O)[C@H]2NC(C)=O)[C@@H](CO)O[C@H]1O. The quantitative estimate of drug-likeness (QED) is 0.0290. The van der Waals surface area contributed by atoms with E-state index in [4.69, 9.17) is 90.0 Å². The van der Waals surface area contributed by atoms with Crippen LogP contribution in [0, 0.1) is 0 Å². The van der Waals surface area contributed by atoms with Crippen LogP contribution in [-0.4, -0.2) is 540 Å². The standard InChI is InChI=1S/C70H115N5O52/c1-15(84)71-29-41(96)51(24(10-80)110-61(29)108)119-64-32(74-18(4)87)42(97)53(26(12-82)115-64)122-68-50(105)56(38(93)28(118-68)14-109-69-58(45(100)36(91)22(8-78)114-69)126-62-30(72-16(2)85)39(94)34(89)20(6-76)111-62)124-70-59(127-63-31(73-17(3)86)40(95)35(90)21(7-77)112-63)48(103)54(27(13-83)117-70)120-65-33(75-19(5)88)43(98)52(25(11-81)116-65)121-67-49(104)55(37(92)23(9-79)113-67)123-66-47(102)44(99)46(101)57(125-66)60(106)107/h20-59,61-70,76-83,89-105,108H,6-14H2,1-5H3,(H,71,84)(H,72,85)(H,73,86)(H,74,87)(H,75,88)(H,106,107)/t20-,21-,22-,23-,24-,25-,26-,27-,28-,29-,30-,31-,32-,33-,34-,35-,36-,37+,38-,39-,40-,41-,42-,43-,44+,45+,46+,47-,48+,49-,50+,51-,52-,53-,54-,55+,56+,57+,58+,59+,61-,62+,63+,64+,65+,66-,67+,68+,69+,70-/m1/s1. The first-order chi connectivity index (χ1) is 60.0. The average Bonchev–Trinajstić information content (AvgIpc) is 0.785. The summed E-state index contributed by atoms with van der Waals surface area (Å²) in [7, 11) is 0. The Kier molecular flexibility index (Phi) is 37.2. The van der Waals surface area contributed by atoms with Crippen LogP contribution in [0.1, 0.15) is 34.6 Å². The number of carbonyl (C=O) groups is 6. The zero-order valence-corrected chi connectivity index (χ0v) is 68.0. The minimum atomic E-state index is -2.68. The van der Waals surface area contributed by atoms with Gasteiger partial charge in [0.1, 0.15) is 238 Å². The molecule has 10 saturated heterocycles. The van der Waals surface area contributed by atoms with Crippen molar-refractivity contribution in [2.45, 2.75) is 341 Å². The van der Waals surface area contributed by atoms with E-state index >= 15 is 0 Å². The Morgan fingerprint density at radius 3 is 0.890 bits per heavy atom. The van der Waals surface area contributed by atoms with E-state index in [1.54, 1.807) is 0 Å². The van der Waals surface area contributed by atoms with Gasteiger partial charge in [-0.1, -0.05) is 0 Å². The van der Waals surface area contributed by atoms with Crippen molar-refractivity contribution in [3.05, 3.63) is 0 Å². The Bertz CT molecular complexity index is 3530. The number of rotatable bonds is 33. The maximum atomic E-state index is 13.2. The van der Waals surface area contributed by atoms with Crippen LogP contribution in [-0.2, 0) is 119 Å². The maximum absolute atomic E-state index is 13.2. The van der Waals surface area contributed by atoms with E-state index in [1.807, 2.05) is 0 Å². The largest absolute Gasteiger partial charge is 0.479 e. The third kappa shape index (κ3) is 23.2. The lowest BCUT2D eigenvalue weighted by Gasteiger charge is -2.52. The molecule has 50 atom stereocenters. The Morgan fingerprint density at radius 2 is 0.496 bits per heavy atom. The number of hydrogen-bond acceptors (Lipinski definition) is 51. The third-order valence-corrected chi connectivity index (χ3v) is 22.8. The number of hydrogen-bond donors (Lipinski definition) is 32. The summed E-state index contributed by atoms with van der Waals surface area (Å²) in [4.78, 5) is 76.0. The fourth-order valence-electron chi connectivity index (χ4n) is 16.3. The molecule has 127 heavy (non-hydrogen) atoms. The highest BCUT2D eigenvalue weighted by atomic mass is 16.8. The maximum Gasteiger partial charge on any atom is 0.335 e. The number of nitrogens with one attached hydrogen (secondary N) is 5. The second-order valence-corrected chi connectivity index (χ2v) is 31.7. The molecule has 10 heterocycles. The van der Waals surface area contributed by atoms with Crippen LogP contribution in [0.3, 0.4) is 0 Å². The molecule has 10 rings (SSSR count). The Labute approximate surface area is 717 Å². The molecule has 5 amide bonds. The Hall–Kier alpha value is -4.98. The summed E-state index contributed by atoms with van der Waals surface area (Å²) in [5, 5.41) is 315. The van der Waals surface area contributed by atoms with E-state index in [1.165, 1.54) is 0 Å². The lowest BCUT2D eigenvalue weighted by molar-refractivity contribution is -0.405. The molecule has 0 aromatic rings. The topological polar surface area (TPSA) is 884 Å². The van der Waals surface area contributed by atoms with Crippen molar-refractivity contribution < 1.29 is 257 Å². The van der Waals surface area contributed by atoms with Crippen molar-refractivity contribution >= 4 is 35.5 Å². The van der Waals surface area contributed by atoms with Crippen LogP contribution in [0.15, 0.2) is 0 Å². The van der Waals surface area contributed by atoms with Gasteiger partial charge < -0.3 is 254 Å². The molecule has 0 unspecified atom stereocenters. The molecular formula is C70H115N5O52. The lowest BCUT2D eigenvalue weighted by Crippen LogP contribution is -2.71. The second-order valence-electron chi connectivity index (χ2n) is 31.7. The number of aliphatic hydroxyl groups is 26. The lowest BCUT2D eigenvalue weighted by atomic mass is 9.93. The van der Waals surface area contributed by atoms with Crippen LogP contribution >= 0.6 is 0 Å². The highest BCUT2D eigenvalue weighted by molar-refractivity contribution is 5.75. The van der Waals surface area contributed by atoms with Crippen molar-refractivity contribution in [3.8, 4) is 0 Å². The van der Waals surface area contributed by atoms with E-state index in [9.17, 15) is 167 Å². The number of aliphatic hydroxyl groups excluding tert-OH is 26. The fraction of sp³-hybridized carbons (Fsp3) is 0.914. The monoisotopic (exact) mass is 1860 g/mol. The smallest absolute Gasteiger partial charge is 0.335 e. The molecule has 0 bridgehead atoms. The molecule has 57 nitrogen and oxygen atoms in total. The molecule has 732 valence electrons. The molecule has 0 aliphatic carbocycles. The van der Waals surface area contributed by atoms with Gasteiger partial charge >= 0.3 is 5.97 Å². The molecular weight excluding hydrogens is 1740 g/mol. The first-order valence-electron chi connectivity index (χ1n) is 40.1. The number of ether oxygens (including phenoxy) is 19. The van der Waals surface area contributed by atoms with Gasteiger partial charge in [-0.25, -0.2) is 4.79 Å². The summed E-state index contributed by atoms with van der Waals surface area (Å²) < 4.78 is 113. The molecule has 0 radical (unpaired) electrons. The van der Waals surface area contributed by atoms with Gasteiger partial charge in [0.2, 0.25) is 29.5 Å². The van der Waals surface area contributed by atoms with Crippen molar-refractivity contribution in [2.24, 2.45) is 0 Å². The Balaban J connectivity index is 1.01.